The lowest BCUT2D eigenvalue weighted by Crippen LogP contribution is -2.42. The Kier molecular flexibility index (Phi) is 3.31. The largest absolute Gasteiger partial charge is 0.389 e. The van der Waals surface area contributed by atoms with Crippen molar-refractivity contribution in [1.82, 2.24) is 0 Å². The van der Waals surface area contributed by atoms with Gasteiger partial charge in [0.1, 0.15) is 0 Å². The molecule has 0 aromatic heterocycles. The van der Waals surface area contributed by atoms with Gasteiger partial charge in [-0.2, -0.15) is 0 Å². The molecule has 0 heterocycles. The molecule has 2 nitrogen and oxygen atoms in total. The van der Waals surface area contributed by atoms with E-state index in [1.165, 1.54) is 11.1 Å². The second-order valence-corrected chi connectivity index (χ2v) is 5.25. The molecule has 0 amide bonds. The van der Waals surface area contributed by atoms with Crippen LogP contribution >= 0.6 is 0 Å². The molecule has 1 saturated carbocycles. The maximum Gasteiger partial charge on any atom is 0.0702 e. The van der Waals surface area contributed by atoms with Crippen LogP contribution in [0.5, 0.6) is 0 Å². The van der Waals surface area contributed by atoms with Gasteiger partial charge in [-0.1, -0.05) is 29.8 Å². The van der Waals surface area contributed by atoms with E-state index >= 15 is 0 Å². The van der Waals surface area contributed by atoms with Crippen LogP contribution in [0.2, 0.25) is 0 Å². The summed E-state index contributed by atoms with van der Waals surface area (Å²) in [4.78, 5) is 0. The summed E-state index contributed by atoms with van der Waals surface area (Å²) in [5, 5.41) is 10.5. The van der Waals surface area contributed by atoms with Crippen LogP contribution in [0.4, 0.5) is 0 Å². The highest BCUT2D eigenvalue weighted by atomic mass is 16.3. The predicted molar refractivity (Wildman–Crippen MR) is 66.3 cm³/mol. The fourth-order valence-electron chi connectivity index (χ4n) is 2.75. The van der Waals surface area contributed by atoms with Crippen LogP contribution in [0.15, 0.2) is 24.3 Å². The van der Waals surface area contributed by atoms with Gasteiger partial charge in [0.25, 0.3) is 0 Å². The van der Waals surface area contributed by atoms with Crippen molar-refractivity contribution in [3.05, 3.63) is 35.4 Å². The van der Waals surface area contributed by atoms with Gasteiger partial charge in [-0.25, -0.2) is 0 Å². The van der Waals surface area contributed by atoms with Crippen LogP contribution in [-0.2, 0) is 6.42 Å². The van der Waals surface area contributed by atoms with E-state index in [0.29, 0.717) is 0 Å². The lowest BCUT2D eigenvalue weighted by Gasteiger charge is -2.35. The molecule has 3 N–H and O–H groups in total. The molecule has 16 heavy (non-hydrogen) atoms. The minimum absolute atomic E-state index is 0.170. The van der Waals surface area contributed by atoms with Crippen molar-refractivity contribution in [2.24, 2.45) is 5.73 Å². The van der Waals surface area contributed by atoms with Crippen molar-refractivity contribution < 1.29 is 5.11 Å². The Bertz CT molecular complexity index is 364. The first-order valence-corrected chi connectivity index (χ1v) is 6.11. The normalized spacial score (nSPS) is 30.3. The lowest BCUT2D eigenvalue weighted by molar-refractivity contribution is -0.00191. The van der Waals surface area contributed by atoms with Crippen molar-refractivity contribution in [3.63, 3.8) is 0 Å². The van der Waals surface area contributed by atoms with E-state index in [9.17, 15) is 5.11 Å². The van der Waals surface area contributed by atoms with Crippen molar-refractivity contribution in [3.8, 4) is 0 Å². The second-order valence-electron chi connectivity index (χ2n) is 5.25. The molecule has 1 fully saturated rings. The molecule has 0 aliphatic heterocycles. The van der Waals surface area contributed by atoms with Crippen LogP contribution in [0.25, 0.3) is 0 Å². The first kappa shape index (κ1) is 11.6. The van der Waals surface area contributed by atoms with Crippen LogP contribution in [0.3, 0.4) is 0 Å². The van der Waals surface area contributed by atoms with E-state index in [1.807, 2.05) is 0 Å². The van der Waals surface area contributed by atoms with Gasteiger partial charge in [0.05, 0.1) is 5.60 Å². The second kappa shape index (κ2) is 4.56. The third-order valence-corrected chi connectivity index (χ3v) is 3.47. The van der Waals surface area contributed by atoms with Gasteiger partial charge in [-0.3, -0.25) is 0 Å². The van der Waals surface area contributed by atoms with E-state index in [-0.39, 0.29) is 6.04 Å². The van der Waals surface area contributed by atoms with Crippen molar-refractivity contribution in [1.29, 1.82) is 0 Å². The first-order chi connectivity index (χ1) is 7.57. The highest BCUT2D eigenvalue weighted by Crippen LogP contribution is 2.30. The van der Waals surface area contributed by atoms with Crippen molar-refractivity contribution >= 4 is 0 Å². The predicted octanol–water partition coefficient (Wildman–Crippen LogP) is 2.17. The van der Waals surface area contributed by atoms with Crippen LogP contribution in [0.1, 0.15) is 36.8 Å². The summed E-state index contributed by atoms with van der Waals surface area (Å²) < 4.78 is 0. The fraction of sp³-hybridized carbons (Fsp3) is 0.571. The molecule has 2 atom stereocenters. The number of rotatable bonds is 2. The molecule has 1 aliphatic carbocycles. The third kappa shape index (κ3) is 2.83. The van der Waals surface area contributed by atoms with E-state index in [2.05, 4.69) is 31.2 Å². The first-order valence-electron chi connectivity index (χ1n) is 6.11. The van der Waals surface area contributed by atoms with E-state index in [1.54, 1.807) is 0 Å². The zero-order valence-electron chi connectivity index (χ0n) is 9.95. The summed E-state index contributed by atoms with van der Waals surface area (Å²) in [6.45, 7) is 2.08. The molecular weight excluding hydrogens is 198 g/mol. The van der Waals surface area contributed by atoms with Gasteiger partial charge in [-0.05, 0) is 38.2 Å². The smallest absolute Gasteiger partial charge is 0.0702 e. The van der Waals surface area contributed by atoms with Gasteiger partial charge >= 0.3 is 0 Å². The molecule has 1 aromatic carbocycles. The molecule has 0 radical (unpaired) electrons. The molecule has 2 heteroatoms. The minimum atomic E-state index is -0.578. The highest BCUT2D eigenvalue weighted by molar-refractivity contribution is 5.23. The van der Waals surface area contributed by atoms with Crippen molar-refractivity contribution in [2.45, 2.75) is 50.7 Å². The third-order valence-electron chi connectivity index (χ3n) is 3.47. The van der Waals surface area contributed by atoms with Crippen LogP contribution in [0, 0.1) is 6.92 Å². The summed E-state index contributed by atoms with van der Waals surface area (Å²) in [6, 6.07) is 8.55. The SMILES string of the molecule is Cc1cccc(CC2(O)CCCC(N)C2)c1. The minimum Gasteiger partial charge on any atom is -0.389 e. The Hall–Kier alpha value is -0.860. The number of benzene rings is 1. The monoisotopic (exact) mass is 219 g/mol. The highest BCUT2D eigenvalue weighted by Gasteiger charge is 2.32. The molecule has 88 valence electrons. The van der Waals surface area contributed by atoms with E-state index in [4.69, 9.17) is 5.73 Å². The molecule has 2 rings (SSSR count). The summed E-state index contributed by atoms with van der Waals surface area (Å²) >= 11 is 0. The summed E-state index contributed by atoms with van der Waals surface area (Å²) in [6.07, 6.45) is 4.46. The average molecular weight is 219 g/mol. The number of nitrogens with two attached hydrogens (primary N) is 1. The zero-order chi connectivity index (χ0) is 11.6. The molecule has 1 aliphatic rings. The Balaban J connectivity index is 2.08. The zero-order valence-corrected chi connectivity index (χ0v) is 9.95. The van der Waals surface area contributed by atoms with Gasteiger partial charge in [-0.15, -0.1) is 0 Å². The summed E-state index contributed by atoms with van der Waals surface area (Å²) in [7, 11) is 0. The van der Waals surface area contributed by atoms with Gasteiger partial charge in [0.15, 0.2) is 0 Å². The Morgan fingerprint density at radius 3 is 3.00 bits per heavy atom. The molecule has 0 saturated heterocycles. The number of hydrogen-bond donors (Lipinski definition) is 2. The average Bonchev–Trinajstić information content (AvgIpc) is 2.16. The summed E-state index contributed by atoms with van der Waals surface area (Å²) in [5.74, 6) is 0. The molecular formula is C14H21NO. The van der Waals surface area contributed by atoms with Gasteiger partial charge in [0.2, 0.25) is 0 Å². The van der Waals surface area contributed by atoms with Gasteiger partial charge in [0, 0.05) is 12.5 Å². The number of aryl methyl sites for hydroxylation is 1. The Morgan fingerprint density at radius 1 is 1.50 bits per heavy atom. The Labute approximate surface area is 97.5 Å². The molecule has 0 bridgehead atoms. The molecule has 0 spiro atoms. The number of hydrogen-bond acceptors (Lipinski definition) is 2. The maximum absolute atomic E-state index is 10.5. The Morgan fingerprint density at radius 2 is 2.31 bits per heavy atom. The van der Waals surface area contributed by atoms with E-state index < -0.39 is 5.60 Å². The number of aliphatic hydroxyl groups is 1. The lowest BCUT2D eigenvalue weighted by atomic mass is 9.78. The standard InChI is InChI=1S/C14H21NO/c1-11-4-2-5-12(8-11)9-14(16)7-3-6-13(15)10-14/h2,4-5,8,13,16H,3,6-7,9-10,15H2,1H3. The summed E-state index contributed by atoms with van der Waals surface area (Å²) in [5.41, 5.74) is 7.83. The van der Waals surface area contributed by atoms with Gasteiger partial charge < -0.3 is 10.8 Å². The molecule has 2 unspecified atom stereocenters. The topological polar surface area (TPSA) is 46.2 Å². The maximum atomic E-state index is 10.5. The quantitative estimate of drug-likeness (QED) is 0.800. The van der Waals surface area contributed by atoms with Crippen molar-refractivity contribution in [2.75, 3.05) is 0 Å². The van der Waals surface area contributed by atoms with Crippen LogP contribution in [-0.4, -0.2) is 16.7 Å². The van der Waals surface area contributed by atoms with Crippen LogP contribution < -0.4 is 5.73 Å². The van der Waals surface area contributed by atoms with E-state index in [0.717, 1.165) is 32.1 Å². The fourth-order valence-corrected chi connectivity index (χ4v) is 2.75. The molecule has 1 aromatic rings.